The summed E-state index contributed by atoms with van der Waals surface area (Å²) in [7, 11) is 0. The van der Waals surface area contributed by atoms with Crippen molar-refractivity contribution in [1.82, 2.24) is 10.3 Å². The Kier molecular flexibility index (Phi) is 4.56. The first-order chi connectivity index (χ1) is 10.2. The highest BCUT2D eigenvalue weighted by Crippen LogP contribution is 2.23. The third-order valence-electron chi connectivity index (χ3n) is 3.57. The van der Waals surface area contributed by atoms with Crippen molar-refractivity contribution in [3.63, 3.8) is 0 Å². The highest BCUT2D eigenvalue weighted by molar-refractivity contribution is 9.10. The maximum atomic E-state index is 5.77. The Labute approximate surface area is 133 Å². The van der Waals surface area contributed by atoms with Crippen LogP contribution in [0.3, 0.4) is 0 Å². The van der Waals surface area contributed by atoms with Crippen LogP contribution in [0.25, 0.3) is 0 Å². The van der Waals surface area contributed by atoms with Crippen molar-refractivity contribution < 1.29 is 4.74 Å². The van der Waals surface area contributed by atoms with Crippen LogP contribution < -0.4 is 10.1 Å². The van der Waals surface area contributed by atoms with Crippen molar-refractivity contribution in [2.45, 2.75) is 39.0 Å². The molecule has 1 heterocycles. The first-order valence-electron chi connectivity index (χ1n) is 7.27. The van der Waals surface area contributed by atoms with Crippen LogP contribution in [0.15, 0.2) is 41.0 Å². The summed E-state index contributed by atoms with van der Waals surface area (Å²) in [6, 6.07) is 11.1. The molecule has 1 aromatic carbocycles. The molecule has 4 heteroatoms. The van der Waals surface area contributed by atoms with Gasteiger partial charge in [-0.05, 0) is 43.5 Å². The fraction of sp³-hybridized carbons (Fsp3) is 0.353. The molecule has 0 unspecified atom stereocenters. The topological polar surface area (TPSA) is 34.1 Å². The molecule has 1 saturated carbocycles. The molecule has 0 amide bonds. The van der Waals surface area contributed by atoms with Crippen molar-refractivity contribution in [3.05, 3.63) is 57.8 Å². The summed E-state index contributed by atoms with van der Waals surface area (Å²) in [5.41, 5.74) is 3.44. The zero-order valence-corrected chi connectivity index (χ0v) is 13.7. The predicted molar refractivity (Wildman–Crippen MR) is 87.3 cm³/mol. The molecule has 0 spiro atoms. The molecule has 1 aliphatic rings. The van der Waals surface area contributed by atoms with E-state index in [0.29, 0.717) is 6.61 Å². The normalized spacial score (nSPS) is 14.2. The van der Waals surface area contributed by atoms with Crippen LogP contribution in [0.5, 0.6) is 5.75 Å². The Morgan fingerprint density at radius 3 is 2.81 bits per heavy atom. The number of hydrogen-bond donors (Lipinski definition) is 1. The maximum Gasteiger partial charge on any atom is 0.138 e. The molecule has 1 aliphatic carbocycles. The van der Waals surface area contributed by atoms with Crippen LogP contribution in [-0.4, -0.2) is 11.0 Å². The lowest BCUT2D eigenvalue weighted by molar-refractivity contribution is 0.304. The summed E-state index contributed by atoms with van der Waals surface area (Å²) in [5, 5.41) is 3.52. The van der Waals surface area contributed by atoms with E-state index in [4.69, 9.17) is 4.74 Å². The van der Waals surface area contributed by atoms with Gasteiger partial charge in [0.1, 0.15) is 12.4 Å². The quantitative estimate of drug-likeness (QED) is 0.858. The van der Waals surface area contributed by atoms with Crippen molar-refractivity contribution in [1.29, 1.82) is 0 Å². The Bertz CT molecular complexity index is 609. The van der Waals surface area contributed by atoms with Crippen LogP contribution in [-0.2, 0) is 13.2 Å². The molecule has 3 rings (SSSR count). The third-order valence-corrected chi connectivity index (χ3v) is 4.31. The summed E-state index contributed by atoms with van der Waals surface area (Å²) >= 11 is 3.63. The van der Waals surface area contributed by atoms with E-state index in [0.717, 1.165) is 34.1 Å². The standard InChI is InChI=1S/C17H19BrN2O/c1-12-2-7-16(10-19-12)21-11-14-4-3-13(8-17(14)18)9-20-15-5-6-15/h2-4,7-8,10,15,20H,5-6,9,11H2,1H3. The molecule has 21 heavy (non-hydrogen) atoms. The Hall–Kier alpha value is -1.39. The second-order valence-corrected chi connectivity index (χ2v) is 6.36. The molecule has 0 aliphatic heterocycles. The fourth-order valence-electron chi connectivity index (χ4n) is 2.07. The molecular formula is C17H19BrN2O. The molecule has 0 atom stereocenters. The van der Waals surface area contributed by atoms with Crippen molar-refractivity contribution >= 4 is 15.9 Å². The number of aryl methyl sites for hydroxylation is 1. The number of nitrogens with one attached hydrogen (secondary N) is 1. The lowest BCUT2D eigenvalue weighted by atomic mass is 10.1. The van der Waals surface area contributed by atoms with Crippen LogP contribution in [0, 0.1) is 6.92 Å². The van der Waals surface area contributed by atoms with E-state index in [1.54, 1.807) is 6.20 Å². The molecule has 1 fully saturated rings. The Morgan fingerprint density at radius 1 is 1.29 bits per heavy atom. The zero-order chi connectivity index (χ0) is 14.7. The van der Waals surface area contributed by atoms with E-state index in [9.17, 15) is 0 Å². The number of aromatic nitrogens is 1. The Morgan fingerprint density at radius 2 is 2.14 bits per heavy atom. The van der Waals surface area contributed by atoms with E-state index in [1.165, 1.54) is 18.4 Å². The van der Waals surface area contributed by atoms with Gasteiger partial charge in [-0.1, -0.05) is 28.1 Å². The molecule has 3 nitrogen and oxygen atoms in total. The van der Waals surface area contributed by atoms with Gasteiger partial charge in [0.05, 0.1) is 6.20 Å². The first-order valence-corrected chi connectivity index (χ1v) is 8.06. The van der Waals surface area contributed by atoms with Crippen molar-refractivity contribution in [2.24, 2.45) is 0 Å². The third kappa shape index (κ3) is 4.29. The monoisotopic (exact) mass is 346 g/mol. The van der Waals surface area contributed by atoms with Gasteiger partial charge in [-0.15, -0.1) is 0 Å². The van der Waals surface area contributed by atoms with Gasteiger partial charge in [0.15, 0.2) is 0 Å². The zero-order valence-electron chi connectivity index (χ0n) is 12.1. The van der Waals surface area contributed by atoms with Gasteiger partial charge < -0.3 is 10.1 Å². The second kappa shape index (κ2) is 6.58. The SMILES string of the molecule is Cc1ccc(OCc2ccc(CNC3CC3)cc2Br)cn1. The number of pyridine rings is 1. The number of hydrogen-bond acceptors (Lipinski definition) is 3. The second-order valence-electron chi connectivity index (χ2n) is 5.50. The average Bonchev–Trinajstić information content (AvgIpc) is 3.30. The average molecular weight is 347 g/mol. The minimum atomic E-state index is 0.543. The van der Waals surface area contributed by atoms with E-state index >= 15 is 0 Å². The van der Waals surface area contributed by atoms with Crippen molar-refractivity contribution in [2.75, 3.05) is 0 Å². The van der Waals surface area contributed by atoms with Crippen LogP contribution in [0.2, 0.25) is 0 Å². The fourth-order valence-corrected chi connectivity index (χ4v) is 2.61. The molecule has 110 valence electrons. The maximum absolute atomic E-state index is 5.77. The highest BCUT2D eigenvalue weighted by atomic mass is 79.9. The molecule has 0 radical (unpaired) electrons. The number of halogens is 1. The lowest BCUT2D eigenvalue weighted by Gasteiger charge is -2.10. The van der Waals surface area contributed by atoms with Gasteiger partial charge in [0, 0.05) is 28.3 Å². The largest absolute Gasteiger partial charge is 0.487 e. The first kappa shape index (κ1) is 14.5. The van der Waals surface area contributed by atoms with Gasteiger partial charge >= 0.3 is 0 Å². The van der Waals surface area contributed by atoms with Gasteiger partial charge in [0.25, 0.3) is 0 Å². The van der Waals surface area contributed by atoms with Crippen LogP contribution >= 0.6 is 15.9 Å². The number of benzene rings is 1. The van der Waals surface area contributed by atoms with Gasteiger partial charge in [0.2, 0.25) is 0 Å². The van der Waals surface area contributed by atoms with Gasteiger partial charge in [-0.25, -0.2) is 0 Å². The minimum Gasteiger partial charge on any atom is -0.487 e. The molecule has 2 aromatic rings. The summed E-state index contributed by atoms with van der Waals surface area (Å²) < 4.78 is 6.86. The van der Waals surface area contributed by atoms with Gasteiger partial charge in [-0.2, -0.15) is 0 Å². The van der Waals surface area contributed by atoms with Crippen molar-refractivity contribution in [3.8, 4) is 5.75 Å². The molecule has 1 aromatic heterocycles. The number of nitrogens with zero attached hydrogens (tertiary/aromatic N) is 1. The van der Waals surface area contributed by atoms with E-state index in [2.05, 4.69) is 44.4 Å². The summed E-state index contributed by atoms with van der Waals surface area (Å²) in [4.78, 5) is 4.23. The van der Waals surface area contributed by atoms with Crippen LogP contribution in [0.4, 0.5) is 0 Å². The predicted octanol–water partition coefficient (Wildman–Crippen LogP) is 3.98. The minimum absolute atomic E-state index is 0.543. The molecule has 0 saturated heterocycles. The summed E-state index contributed by atoms with van der Waals surface area (Å²) in [5.74, 6) is 0.798. The smallest absolute Gasteiger partial charge is 0.138 e. The molecule has 1 N–H and O–H groups in total. The van der Waals surface area contributed by atoms with E-state index < -0.39 is 0 Å². The summed E-state index contributed by atoms with van der Waals surface area (Å²) in [6.45, 7) is 3.45. The van der Waals surface area contributed by atoms with Crippen LogP contribution in [0.1, 0.15) is 29.7 Å². The lowest BCUT2D eigenvalue weighted by Crippen LogP contribution is -2.15. The Balaban J connectivity index is 1.58. The summed E-state index contributed by atoms with van der Waals surface area (Å²) in [6.07, 6.45) is 4.40. The highest BCUT2D eigenvalue weighted by Gasteiger charge is 2.19. The number of ether oxygens (including phenoxy) is 1. The molecule has 0 bridgehead atoms. The number of rotatable bonds is 6. The molecular weight excluding hydrogens is 328 g/mol. The van der Waals surface area contributed by atoms with Gasteiger partial charge in [-0.3, -0.25) is 4.98 Å². The van der Waals surface area contributed by atoms with E-state index in [-0.39, 0.29) is 0 Å². The van der Waals surface area contributed by atoms with E-state index in [1.807, 2.05) is 19.1 Å².